The zero-order valence-electron chi connectivity index (χ0n) is 8.20. The van der Waals surface area contributed by atoms with E-state index in [-0.39, 0.29) is 6.61 Å². The van der Waals surface area contributed by atoms with Crippen LogP contribution in [0.2, 0.25) is 0 Å². The summed E-state index contributed by atoms with van der Waals surface area (Å²) in [4.78, 5) is 1.30. The van der Waals surface area contributed by atoms with Crippen molar-refractivity contribution in [2.24, 2.45) is 0 Å². The summed E-state index contributed by atoms with van der Waals surface area (Å²) in [6, 6.07) is 4.28. The molecule has 74 valence electrons. The van der Waals surface area contributed by atoms with Gasteiger partial charge in [-0.05, 0) is 35.8 Å². The third-order valence-corrected chi connectivity index (χ3v) is 4.27. The fraction of sp³-hybridized carbons (Fsp3) is 0.273. The fourth-order valence-corrected chi connectivity index (χ4v) is 3.50. The van der Waals surface area contributed by atoms with Gasteiger partial charge in [-0.15, -0.1) is 23.1 Å². The van der Waals surface area contributed by atoms with E-state index >= 15 is 0 Å². The van der Waals surface area contributed by atoms with Crippen molar-refractivity contribution >= 4 is 33.2 Å². The Morgan fingerprint density at radius 1 is 1.43 bits per heavy atom. The molecule has 14 heavy (non-hydrogen) atoms. The number of fused-ring (bicyclic) bond motifs is 1. The lowest BCUT2D eigenvalue weighted by Crippen LogP contribution is -1.84. The highest BCUT2D eigenvalue weighted by Crippen LogP contribution is 2.35. The molecule has 0 spiro atoms. The van der Waals surface area contributed by atoms with Gasteiger partial charge in [-0.25, -0.2) is 0 Å². The van der Waals surface area contributed by atoms with Gasteiger partial charge in [0.2, 0.25) is 0 Å². The first-order valence-corrected chi connectivity index (χ1v) is 6.53. The minimum Gasteiger partial charge on any atom is -0.392 e. The molecule has 0 radical (unpaired) electrons. The molecule has 0 aliphatic heterocycles. The second kappa shape index (κ2) is 3.93. The van der Waals surface area contributed by atoms with Gasteiger partial charge in [0.15, 0.2) is 0 Å². The molecule has 0 saturated heterocycles. The lowest BCUT2D eigenvalue weighted by atomic mass is 10.1. The Balaban J connectivity index is 2.81. The molecule has 1 heterocycles. The van der Waals surface area contributed by atoms with Gasteiger partial charge in [0, 0.05) is 15.0 Å². The fourth-order valence-electron chi connectivity index (χ4n) is 1.64. The summed E-state index contributed by atoms with van der Waals surface area (Å²) in [6.07, 6.45) is 2.08. The molecule has 0 aliphatic carbocycles. The van der Waals surface area contributed by atoms with Crippen LogP contribution in [0.15, 0.2) is 22.4 Å². The summed E-state index contributed by atoms with van der Waals surface area (Å²) in [5.41, 5.74) is 2.34. The van der Waals surface area contributed by atoms with E-state index in [1.54, 1.807) is 23.1 Å². The molecular formula is C11H12OS2. The molecule has 0 amide bonds. The van der Waals surface area contributed by atoms with E-state index in [9.17, 15) is 5.11 Å². The number of benzene rings is 1. The minimum atomic E-state index is 0.136. The Kier molecular flexibility index (Phi) is 2.81. The number of hydrogen-bond acceptors (Lipinski definition) is 3. The van der Waals surface area contributed by atoms with Gasteiger partial charge in [-0.1, -0.05) is 6.07 Å². The van der Waals surface area contributed by atoms with Crippen molar-refractivity contribution in [3.8, 4) is 0 Å². The van der Waals surface area contributed by atoms with Crippen molar-refractivity contribution in [1.29, 1.82) is 0 Å². The molecular weight excluding hydrogens is 212 g/mol. The number of aliphatic hydroxyl groups excluding tert-OH is 1. The lowest BCUT2D eigenvalue weighted by molar-refractivity contribution is 0.283. The Morgan fingerprint density at radius 3 is 2.86 bits per heavy atom. The van der Waals surface area contributed by atoms with Gasteiger partial charge in [-0.2, -0.15) is 0 Å². The summed E-state index contributed by atoms with van der Waals surface area (Å²) in [7, 11) is 0. The molecule has 0 bridgehead atoms. The third-order valence-electron chi connectivity index (χ3n) is 2.34. The van der Waals surface area contributed by atoms with E-state index in [1.807, 2.05) is 5.38 Å². The first-order chi connectivity index (χ1) is 6.77. The van der Waals surface area contributed by atoms with Gasteiger partial charge in [0.25, 0.3) is 0 Å². The SMILES string of the molecule is CSc1c(C)ccc2scc(CO)c12. The van der Waals surface area contributed by atoms with Crippen molar-refractivity contribution in [3.63, 3.8) is 0 Å². The van der Waals surface area contributed by atoms with Crippen LogP contribution >= 0.6 is 23.1 Å². The van der Waals surface area contributed by atoms with E-state index in [2.05, 4.69) is 25.3 Å². The first kappa shape index (κ1) is 10.0. The van der Waals surface area contributed by atoms with Gasteiger partial charge in [0.1, 0.15) is 0 Å². The maximum absolute atomic E-state index is 9.23. The highest BCUT2D eigenvalue weighted by molar-refractivity contribution is 7.98. The minimum absolute atomic E-state index is 0.136. The normalized spacial score (nSPS) is 11.1. The van der Waals surface area contributed by atoms with Crippen LogP contribution in [-0.4, -0.2) is 11.4 Å². The highest BCUT2D eigenvalue weighted by atomic mass is 32.2. The predicted molar refractivity (Wildman–Crippen MR) is 64.3 cm³/mol. The smallest absolute Gasteiger partial charge is 0.0696 e. The summed E-state index contributed by atoms with van der Waals surface area (Å²) < 4.78 is 1.27. The van der Waals surface area contributed by atoms with Crippen molar-refractivity contribution < 1.29 is 5.11 Å². The van der Waals surface area contributed by atoms with E-state index in [0.717, 1.165) is 5.56 Å². The Hall–Kier alpha value is -0.510. The molecule has 2 aromatic rings. The van der Waals surface area contributed by atoms with Crippen molar-refractivity contribution in [1.82, 2.24) is 0 Å². The average Bonchev–Trinajstić information content (AvgIpc) is 2.61. The van der Waals surface area contributed by atoms with E-state index in [0.29, 0.717) is 0 Å². The summed E-state index contributed by atoms with van der Waals surface area (Å²) in [6.45, 7) is 2.25. The third kappa shape index (κ3) is 1.45. The average molecular weight is 224 g/mol. The van der Waals surface area contributed by atoms with Crippen LogP contribution in [0.25, 0.3) is 10.1 Å². The van der Waals surface area contributed by atoms with Crippen LogP contribution in [0.4, 0.5) is 0 Å². The van der Waals surface area contributed by atoms with Crippen LogP contribution in [0.5, 0.6) is 0 Å². The molecule has 3 heteroatoms. The van der Waals surface area contributed by atoms with Crippen LogP contribution in [0.1, 0.15) is 11.1 Å². The second-order valence-electron chi connectivity index (χ2n) is 3.21. The molecule has 1 aromatic heterocycles. The Bertz CT molecular complexity index is 460. The van der Waals surface area contributed by atoms with Gasteiger partial charge >= 0.3 is 0 Å². The number of thiophene rings is 1. The summed E-state index contributed by atoms with van der Waals surface area (Å²) >= 11 is 3.46. The quantitative estimate of drug-likeness (QED) is 0.789. The van der Waals surface area contributed by atoms with Crippen molar-refractivity contribution in [3.05, 3.63) is 28.6 Å². The Labute approximate surface area is 91.8 Å². The summed E-state index contributed by atoms with van der Waals surface area (Å²) in [5, 5.41) is 12.5. The van der Waals surface area contributed by atoms with Gasteiger partial charge in [0.05, 0.1) is 6.61 Å². The highest BCUT2D eigenvalue weighted by Gasteiger charge is 2.09. The molecule has 0 atom stereocenters. The number of thioether (sulfide) groups is 1. The zero-order chi connectivity index (χ0) is 10.1. The number of aliphatic hydroxyl groups is 1. The summed E-state index contributed by atoms with van der Waals surface area (Å²) in [5.74, 6) is 0. The number of rotatable bonds is 2. The zero-order valence-corrected chi connectivity index (χ0v) is 9.84. The van der Waals surface area contributed by atoms with E-state index in [1.165, 1.54) is 20.5 Å². The monoisotopic (exact) mass is 224 g/mol. The molecule has 1 aromatic carbocycles. The van der Waals surface area contributed by atoms with E-state index < -0.39 is 0 Å². The van der Waals surface area contributed by atoms with Crippen LogP contribution < -0.4 is 0 Å². The molecule has 2 rings (SSSR count). The first-order valence-electron chi connectivity index (χ1n) is 4.42. The maximum atomic E-state index is 9.23. The topological polar surface area (TPSA) is 20.2 Å². The molecule has 0 aliphatic rings. The molecule has 0 saturated carbocycles. The lowest BCUT2D eigenvalue weighted by Gasteiger charge is -2.05. The second-order valence-corrected chi connectivity index (χ2v) is 4.94. The van der Waals surface area contributed by atoms with Gasteiger partial charge in [-0.3, -0.25) is 0 Å². The van der Waals surface area contributed by atoms with Crippen molar-refractivity contribution in [2.75, 3.05) is 6.26 Å². The van der Waals surface area contributed by atoms with Crippen LogP contribution in [0.3, 0.4) is 0 Å². The number of aryl methyl sites for hydroxylation is 1. The van der Waals surface area contributed by atoms with Crippen LogP contribution in [-0.2, 0) is 6.61 Å². The standard InChI is InChI=1S/C11H12OS2/c1-7-3-4-9-10(11(7)13-2)8(5-12)6-14-9/h3-4,6,12H,5H2,1-2H3. The molecule has 0 fully saturated rings. The predicted octanol–water partition coefficient (Wildman–Crippen LogP) is 3.42. The molecule has 1 nitrogen and oxygen atoms in total. The largest absolute Gasteiger partial charge is 0.392 e. The molecule has 0 unspecified atom stereocenters. The molecule has 1 N–H and O–H groups in total. The number of hydrogen-bond donors (Lipinski definition) is 1. The maximum Gasteiger partial charge on any atom is 0.0696 e. The van der Waals surface area contributed by atoms with Crippen LogP contribution in [0, 0.1) is 6.92 Å². The van der Waals surface area contributed by atoms with Gasteiger partial charge < -0.3 is 5.11 Å². The Morgan fingerprint density at radius 2 is 2.21 bits per heavy atom. The van der Waals surface area contributed by atoms with Crippen molar-refractivity contribution in [2.45, 2.75) is 18.4 Å². The van der Waals surface area contributed by atoms with E-state index in [4.69, 9.17) is 0 Å².